The Balaban J connectivity index is 1.42. The molecule has 2 atom stereocenters. The predicted molar refractivity (Wildman–Crippen MR) is 154 cm³/mol. The van der Waals surface area contributed by atoms with E-state index in [1.807, 2.05) is 0 Å². The van der Waals surface area contributed by atoms with Crippen LogP contribution in [0.3, 0.4) is 0 Å². The maximum Gasteiger partial charge on any atom is 0.340 e. The van der Waals surface area contributed by atoms with Gasteiger partial charge < -0.3 is 9.47 Å². The van der Waals surface area contributed by atoms with Crippen molar-refractivity contribution in [2.24, 2.45) is 0 Å². The molecule has 0 amide bonds. The Bertz CT molecular complexity index is 894. The van der Waals surface area contributed by atoms with Gasteiger partial charge in [-0.25, -0.2) is 18.4 Å². The number of benzene rings is 1. The highest BCUT2D eigenvalue weighted by Crippen LogP contribution is 2.41. The van der Waals surface area contributed by atoms with Gasteiger partial charge in [0.05, 0.1) is 0 Å². The molecule has 1 aromatic rings. The lowest BCUT2D eigenvalue weighted by Crippen LogP contribution is -2.28. The number of rotatable bonds is 14. The third-order valence-corrected chi connectivity index (χ3v) is 9.17. The Kier molecular flexibility index (Phi) is 13.7. The van der Waals surface area contributed by atoms with E-state index in [0.717, 1.165) is 94.4 Å². The van der Waals surface area contributed by atoms with Crippen molar-refractivity contribution < 1.29 is 27.8 Å². The second kappa shape index (κ2) is 16.7. The van der Waals surface area contributed by atoms with Crippen molar-refractivity contribution in [3.63, 3.8) is 0 Å². The van der Waals surface area contributed by atoms with Crippen molar-refractivity contribution >= 4 is 27.9 Å². The van der Waals surface area contributed by atoms with Crippen molar-refractivity contribution in [3.05, 3.63) is 33.8 Å². The first kappa shape index (κ1) is 32.0. The van der Waals surface area contributed by atoms with Crippen molar-refractivity contribution in [3.8, 4) is 0 Å². The van der Waals surface area contributed by atoms with E-state index < -0.39 is 24.3 Å². The fraction of sp³-hybridized carbons (Fsp3) is 0.750. The lowest BCUT2D eigenvalue weighted by molar-refractivity contribution is -0.157. The third-order valence-electron chi connectivity index (χ3n) is 8.48. The summed E-state index contributed by atoms with van der Waals surface area (Å²) in [5.41, 5.74) is 2.55. The molecular formula is C32H47BrF2O4. The summed E-state index contributed by atoms with van der Waals surface area (Å²) in [7, 11) is 0. The number of halogens is 3. The number of hydrogen-bond acceptors (Lipinski definition) is 4. The SMILES string of the molecule is CCCCCC(F)C(=O)OC1CCC(c2ccc(C3CCC(OC(=O)C(F)CCCCC)CC3)c(Br)c2)CC1. The van der Waals surface area contributed by atoms with E-state index in [2.05, 4.69) is 48.0 Å². The van der Waals surface area contributed by atoms with Gasteiger partial charge in [0, 0.05) is 4.47 Å². The zero-order valence-electron chi connectivity index (χ0n) is 23.8. The number of ether oxygens (including phenoxy) is 2. The molecule has 0 radical (unpaired) electrons. The van der Waals surface area contributed by atoms with Crippen LogP contribution < -0.4 is 0 Å². The first-order valence-electron chi connectivity index (χ1n) is 15.3. The summed E-state index contributed by atoms with van der Waals surface area (Å²) >= 11 is 3.79. The number of carbonyl (C=O) groups excluding carboxylic acids is 2. The van der Waals surface area contributed by atoms with Crippen LogP contribution in [-0.4, -0.2) is 36.5 Å². The van der Waals surface area contributed by atoms with Gasteiger partial charge in [-0.05, 0) is 106 Å². The normalized spacial score (nSPS) is 25.1. The molecule has 2 fully saturated rings. The van der Waals surface area contributed by atoms with Crippen molar-refractivity contribution in [2.45, 2.75) is 153 Å². The lowest BCUT2D eigenvalue weighted by atomic mass is 9.80. The van der Waals surface area contributed by atoms with Crippen LogP contribution in [0.1, 0.15) is 140 Å². The van der Waals surface area contributed by atoms with Crippen LogP contribution in [0.25, 0.3) is 0 Å². The average molecular weight is 614 g/mol. The first-order valence-corrected chi connectivity index (χ1v) is 16.1. The van der Waals surface area contributed by atoms with Crippen molar-refractivity contribution in [1.29, 1.82) is 0 Å². The van der Waals surface area contributed by atoms with Crippen LogP contribution in [-0.2, 0) is 19.1 Å². The molecule has 7 heteroatoms. The fourth-order valence-electron chi connectivity index (χ4n) is 5.99. The molecule has 2 saturated carbocycles. The standard InChI is InChI=1S/C32H47BrF2O4/c1-3-5-7-9-29(34)31(36)38-25-16-11-22(12-17-25)24-15-20-27(28(33)21-24)23-13-18-26(19-14-23)39-32(37)30(35)10-8-6-4-2/h15,20-23,25-26,29-30H,3-14,16-19H2,1-2H3. The quantitative estimate of drug-likeness (QED) is 0.155. The number of carbonyl (C=O) groups is 2. The molecule has 0 aromatic heterocycles. The van der Waals surface area contributed by atoms with E-state index in [0.29, 0.717) is 11.8 Å². The molecule has 2 aliphatic rings. The predicted octanol–water partition coefficient (Wildman–Crippen LogP) is 9.42. The molecular weight excluding hydrogens is 566 g/mol. The van der Waals surface area contributed by atoms with Crippen molar-refractivity contribution in [1.82, 2.24) is 0 Å². The molecule has 4 nitrogen and oxygen atoms in total. The third kappa shape index (κ3) is 10.1. The summed E-state index contributed by atoms with van der Waals surface area (Å²) in [6, 6.07) is 6.63. The van der Waals surface area contributed by atoms with Crippen LogP contribution >= 0.6 is 15.9 Å². The second-order valence-corrected chi connectivity index (χ2v) is 12.4. The van der Waals surface area contributed by atoms with Crippen molar-refractivity contribution in [2.75, 3.05) is 0 Å². The van der Waals surface area contributed by atoms with E-state index in [4.69, 9.17) is 9.47 Å². The number of esters is 2. The second-order valence-electron chi connectivity index (χ2n) is 11.5. The molecule has 3 rings (SSSR count). The molecule has 0 heterocycles. The summed E-state index contributed by atoms with van der Waals surface area (Å²) in [5.74, 6) is -0.601. The molecule has 1 aromatic carbocycles. The Morgan fingerprint density at radius 1 is 0.769 bits per heavy atom. The minimum absolute atomic E-state index is 0.186. The topological polar surface area (TPSA) is 52.6 Å². The van der Waals surface area contributed by atoms with E-state index >= 15 is 0 Å². The summed E-state index contributed by atoms with van der Waals surface area (Å²) in [6.45, 7) is 4.12. The molecule has 2 unspecified atom stereocenters. The molecule has 2 aliphatic carbocycles. The van der Waals surface area contributed by atoms with E-state index in [1.54, 1.807) is 0 Å². The van der Waals surface area contributed by atoms with E-state index in [1.165, 1.54) is 11.1 Å². The summed E-state index contributed by atoms with van der Waals surface area (Å²) in [6.07, 6.45) is 9.13. The minimum Gasteiger partial charge on any atom is -0.460 e. The van der Waals surface area contributed by atoms with Gasteiger partial charge in [0.2, 0.25) is 0 Å². The maximum atomic E-state index is 14.1. The monoisotopic (exact) mass is 612 g/mol. The van der Waals surface area contributed by atoms with Crippen LogP contribution in [0, 0.1) is 0 Å². The Labute approximate surface area is 242 Å². The largest absolute Gasteiger partial charge is 0.460 e. The van der Waals surface area contributed by atoms with Gasteiger partial charge in [0.15, 0.2) is 12.3 Å². The Morgan fingerprint density at radius 2 is 1.23 bits per heavy atom. The lowest BCUT2D eigenvalue weighted by Gasteiger charge is -2.31. The van der Waals surface area contributed by atoms with Crippen LogP contribution in [0.15, 0.2) is 22.7 Å². The smallest absolute Gasteiger partial charge is 0.340 e. The molecule has 220 valence electrons. The van der Waals surface area contributed by atoms with E-state index in [-0.39, 0.29) is 25.0 Å². The first-order chi connectivity index (χ1) is 18.8. The molecule has 0 spiro atoms. The molecule has 0 saturated heterocycles. The average Bonchev–Trinajstić information content (AvgIpc) is 2.94. The highest BCUT2D eigenvalue weighted by atomic mass is 79.9. The minimum atomic E-state index is -1.51. The van der Waals surface area contributed by atoms with Gasteiger partial charge in [-0.2, -0.15) is 0 Å². The van der Waals surface area contributed by atoms with E-state index in [9.17, 15) is 18.4 Å². The fourth-order valence-corrected chi connectivity index (χ4v) is 6.71. The number of hydrogen-bond donors (Lipinski definition) is 0. The zero-order valence-corrected chi connectivity index (χ0v) is 25.4. The Morgan fingerprint density at radius 3 is 1.67 bits per heavy atom. The summed E-state index contributed by atoms with van der Waals surface area (Å²) in [4.78, 5) is 24.2. The molecule has 0 bridgehead atoms. The number of unbranched alkanes of at least 4 members (excludes halogenated alkanes) is 4. The summed E-state index contributed by atoms with van der Waals surface area (Å²) in [5, 5.41) is 0. The van der Waals surface area contributed by atoms with Gasteiger partial charge in [0.1, 0.15) is 12.2 Å². The zero-order chi connectivity index (χ0) is 28.2. The van der Waals surface area contributed by atoms with Gasteiger partial charge >= 0.3 is 11.9 Å². The van der Waals surface area contributed by atoms with Crippen LogP contribution in [0.2, 0.25) is 0 Å². The maximum absolute atomic E-state index is 14.1. The highest BCUT2D eigenvalue weighted by molar-refractivity contribution is 9.10. The van der Waals surface area contributed by atoms with Gasteiger partial charge in [-0.3, -0.25) is 0 Å². The highest BCUT2D eigenvalue weighted by Gasteiger charge is 2.30. The summed E-state index contributed by atoms with van der Waals surface area (Å²) < 4.78 is 40.3. The van der Waals surface area contributed by atoms with Gasteiger partial charge in [-0.15, -0.1) is 0 Å². The number of alkyl halides is 2. The van der Waals surface area contributed by atoms with Crippen LogP contribution in [0.4, 0.5) is 8.78 Å². The molecule has 39 heavy (non-hydrogen) atoms. The van der Waals surface area contributed by atoms with Crippen LogP contribution in [0.5, 0.6) is 0 Å². The molecule has 0 N–H and O–H groups in total. The van der Waals surface area contributed by atoms with Gasteiger partial charge in [0.25, 0.3) is 0 Å². The van der Waals surface area contributed by atoms with Gasteiger partial charge in [-0.1, -0.05) is 67.6 Å². The Hall–Kier alpha value is -1.50. The molecule has 0 aliphatic heterocycles.